The average Bonchev–Trinajstić information content (AvgIpc) is 3.16. The maximum Gasteiger partial charge on any atom is 0.251 e. The highest BCUT2D eigenvalue weighted by Gasteiger charge is 2.16. The van der Waals surface area contributed by atoms with Gasteiger partial charge in [-0.3, -0.25) is 9.59 Å². The summed E-state index contributed by atoms with van der Waals surface area (Å²) in [5.41, 5.74) is 7.47. The molecule has 3 rings (SSSR count). The molecular formula is C22H20N2O4S. The van der Waals surface area contributed by atoms with Crippen LogP contribution in [0.2, 0.25) is 0 Å². The van der Waals surface area contributed by atoms with E-state index in [4.69, 9.17) is 15.2 Å². The Morgan fingerprint density at radius 2 is 1.72 bits per heavy atom. The standard InChI is InChI=1S/C22H20N2O4S/c1-27-17-10-8-14(12-18(17)28-2)9-11-20(25)24-22-16(21(23)26)13-19(29-22)15-6-4-3-5-7-15/h3-13H,1-2H3,(H2,23,26)(H,24,25)/b11-9+. The molecule has 0 spiro atoms. The van der Waals surface area contributed by atoms with Crippen LogP contribution in [0.5, 0.6) is 11.5 Å². The molecule has 0 aliphatic rings. The van der Waals surface area contributed by atoms with Crippen molar-refractivity contribution < 1.29 is 19.1 Å². The summed E-state index contributed by atoms with van der Waals surface area (Å²) in [5, 5.41) is 3.15. The third-order valence-electron chi connectivity index (χ3n) is 4.13. The van der Waals surface area contributed by atoms with Crippen molar-refractivity contribution in [1.29, 1.82) is 0 Å². The fourth-order valence-corrected chi connectivity index (χ4v) is 3.77. The quantitative estimate of drug-likeness (QED) is 0.574. The van der Waals surface area contributed by atoms with Gasteiger partial charge in [0.1, 0.15) is 5.00 Å². The third kappa shape index (κ3) is 4.83. The van der Waals surface area contributed by atoms with Crippen LogP contribution in [0.25, 0.3) is 16.5 Å². The first kappa shape index (κ1) is 20.2. The van der Waals surface area contributed by atoms with Gasteiger partial charge in [-0.25, -0.2) is 0 Å². The highest BCUT2D eigenvalue weighted by atomic mass is 32.1. The fraction of sp³-hybridized carbons (Fsp3) is 0.0909. The summed E-state index contributed by atoms with van der Waals surface area (Å²) >= 11 is 1.30. The number of amides is 2. The van der Waals surface area contributed by atoms with Crippen molar-refractivity contribution in [3.05, 3.63) is 71.8 Å². The molecule has 0 saturated heterocycles. The highest BCUT2D eigenvalue weighted by Crippen LogP contribution is 2.35. The Hall–Kier alpha value is -3.58. The molecule has 0 aliphatic heterocycles. The maximum absolute atomic E-state index is 12.4. The van der Waals surface area contributed by atoms with E-state index in [-0.39, 0.29) is 11.5 Å². The van der Waals surface area contributed by atoms with E-state index in [1.807, 2.05) is 30.3 Å². The van der Waals surface area contributed by atoms with E-state index in [0.717, 1.165) is 16.0 Å². The fourth-order valence-electron chi connectivity index (χ4n) is 2.69. The van der Waals surface area contributed by atoms with Crippen molar-refractivity contribution in [2.75, 3.05) is 19.5 Å². The van der Waals surface area contributed by atoms with Crippen LogP contribution in [-0.2, 0) is 4.79 Å². The number of benzene rings is 2. The minimum absolute atomic E-state index is 0.279. The number of nitrogens with one attached hydrogen (secondary N) is 1. The number of hydrogen-bond acceptors (Lipinski definition) is 5. The molecule has 0 atom stereocenters. The summed E-state index contributed by atoms with van der Waals surface area (Å²) in [7, 11) is 3.10. The molecule has 3 aromatic rings. The van der Waals surface area contributed by atoms with E-state index in [2.05, 4.69) is 5.32 Å². The Kier molecular flexibility index (Phi) is 6.31. The normalized spacial score (nSPS) is 10.7. The third-order valence-corrected chi connectivity index (χ3v) is 5.23. The van der Waals surface area contributed by atoms with Crippen molar-refractivity contribution >= 4 is 34.2 Å². The summed E-state index contributed by atoms with van der Waals surface area (Å²) in [6.07, 6.45) is 3.03. The summed E-state index contributed by atoms with van der Waals surface area (Å²) in [4.78, 5) is 25.0. The lowest BCUT2D eigenvalue weighted by Gasteiger charge is -2.07. The molecule has 148 valence electrons. The number of methoxy groups -OCH3 is 2. The molecule has 7 heteroatoms. The predicted molar refractivity (Wildman–Crippen MR) is 115 cm³/mol. The van der Waals surface area contributed by atoms with E-state index < -0.39 is 5.91 Å². The molecule has 0 fully saturated rings. The lowest BCUT2D eigenvalue weighted by atomic mass is 10.1. The first-order chi connectivity index (χ1) is 14.0. The zero-order chi connectivity index (χ0) is 20.8. The van der Waals surface area contributed by atoms with Gasteiger partial charge in [0.25, 0.3) is 5.91 Å². The van der Waals surface area contributed by atoms with Gasteiger partial charge in [0.15, 0.2) is 11.5 Å². The molecular weight excluding hydrogens is 388 g/mol. The van der Waals surface area contributed by atoms with Gasteiger partial charge in [-0.1, -0.05) is 36.4 Å². The first-order valence-electron chi connectivity index (χ1n) is 8.72. The number of carbonyl (C=O) groups excluding carboxylic acids is 2. The van der Waals surface area contributed by atoms with Gasteiger partial charge in [0, 0.05) is 11.0 Å². The first-order valence-corrected chi connectivity index (χ1v) is 9.53. The SMILES string of the molecule is COc1ccc(/C=C/C(=O)Nc2sc(-c3ccccc3)cc2C(N)=O)cc1OC. The van der Waals surface area contributed by atoms with E-state index >= 15 is 0 Å². The number of nitrogens with two attached hydrogens (primary N) is 1. The number of ether oxygens (including phenoxy) is 2. The summed E-state index contributed by atoms with van der Waals surface area (Å²) in [5.74, 6) is 0.204. The number of hydrogen-bond donors (Lipinski definition) is 2. The summed E-state index contributed by atoms with van der Waals surface area (Å²) in [6.45, 7) is 0. The minimum atomic E-state index is -0.595. The Balaban J connectivity index is 1.79. The van der Waals surface area contributed by atoms with Crippen LogP contribution in [0.1, 0.15) is 15.9 Å². The molecule has 1 aromatic heterocycles. The molecule has 0 bridgehead atoms. The van der Waals surface area contributed by atoms with Crippen LogP contribution in [0.15, 0.2) is 60.7 Å². The van der Waals surface area contributed by atoms with Crippen LogP contribution in [0.4, 0.5) is 5.00 Å². The number of thiophene rings is 1. The van der Waals surface area contributed by atoms with Crippen LogP contribution < -0.4 is 20.5 Å². The maximum atomic E-state index is 12.4. The average molecular weight is 408 g/mol. The Labute approximate surface area is 172 Å². The summed E-state index contributed by atoms with van der Waals surface area (Å²) in [6, 6.07) is 16.6. The summed E-state index contributed by atoms with van der Waals surface area (Å²) < 4.78 is 10.5. The van der Waals surface area contributed by atoms with Crippen LogP contribution in [0, 0.1) is 0 Å². The van der Waals surface area contributed by atoms with Crippen molar-refractivity contribution in [1.82, 2.24) is 0 Å². The second-order valence-corrected chi connectivity index (χ2v) is 7.07. The second-order valence-electron chi connectivity index (χ2n) is 6.02. The van der Waals surface area contributed by atoms with Crippen molar-refractivity contribution in [2.45, 2.75) is 0 Å². The largest absolute Gasteiger partial charge is 0.493 e. The number of primary amides is 1. The van der Waals surface area contributed by atoms with E-state index in [9.17, 15) is 9.59 Å². The van der Waals surface area contributed by atoms with Gasteiger partial charge in [0.2, 0.25) is 5.91 Å². The molecule has 2 amide bonds. The Morgan fingerprint density at radius 3 is 2.38 bits per heavy atom. The number of carbonyl (C=O) groups is 2. The zero-order valence-corrected chi connectivity index (χ0v) is 16.8. The molecule has 3 N–H and O–H groups in total. The second kappa shape index (κ2) is 9.07. The molecule has 0 aliphatic carbocycles. The van der Waals surface area contributed by atoms with Crippen molar-refractivity contribution in [3.63, 3.8) is 0 Å². The Morgan fingerprint density at radius 1 is 1.00 bits per heavy atom. The predicted octanol–water partition coefficient (Wildman–Crippen LogP) is 4.18. The van der Waals surface area contributed by atoms with Crippen molar-refractivity contribution in [3.8, 4) is 21.9 Å². The van der Waals surface area contributed by atoms with Crippen molar-refractivity contribution in [2.24, 2.45) is 5.73 Å². The smallest absolute Gasteiger partial charge is 0.251 e. The zero-order valence-electron chi connectivity index (χ0n) is 16.0. The molecule has 2 aromatic carbocycles. The molecule has 0 radical (unpaired) electrons. The van der Waals surface area contributed by atoms with Crippen LogP contribution >= 0.6 is 11.3 Å². The molecule has 0 unspecified atom stereocenters. The van der Waals surface area contributed by atoms with Gasteiger partial charge < -0.3 is 20.5 Å². The van der Waals surface area contributed by atoms with Gasteiger partial charge in [-0.2, -0.15) is 0 Å². The molecule has 1 heterocycles. The van der Waals surface area contributed by atoms with Crippen LogP contribution in [0.3, 0.4) is 0 Å². The highest BCUT2D eigenvalue weighted by molar-refractivity contribution is 7.20. The lowest BCUT2D eigenvalue weighted by molar-refractivity contribution is -0.111. The van der Waals surface area contributed by atoms with E-state index in [1.54, 1.807) is 44.6 Å². The Bertz CT molecular complexity index is 1060. The number of anilines is 1. The van der Waals surface area contributed by atoms with E-state index in [1.165, 1.54) is 17.4 Å². The molecule has 6 nitrogen and oxygen atoms in total. The minimum Gasteiger partial charge on any atom is -0.493 e. The van der Waals surface area contributed by atoms with Gasteiger partial charge >= 0.3 is 0 Å². The number of rotatable bonds is 7. The van der Waals surface area contributed by atoms with Gasteiger partial charge in [-0.15, -0.1) is 11.3 Å². The molecule has 0 saturated carbocycles. The molecule has 29 heavy (non-hydrogen) atoms. The van der Waals surface area contributed by atoms with E-state index in [0.29, 0.717) is 16.5 Å². The lowest BCUT2D eigenvalue weighted by Crippen LogP contribution is -2.14. The van der Waals surface area contributed by atoms with Crippen LogP contribution in [-0.4, -0.2) is 26.0 Å². The van der Waals surface area contributed by atoms with Gasteiger partial charge in [0.05, 0.1) is 19.8 Å². The monoisotopic (exact) mass is 408 g/mol. The topological polar surface area (TPSA) is 90.6 Å². The van der Waals surface area contributed by atoms with Gasteiger partial charge in [-0.05, 0) is 35.4 Å².